The fourth-order valence-corrected chi connectivity index (χ4v) is 4.13. The summed E-state index contributed by atoms with van der Waals surface area (Å²) in [6, 6.07) is 7.84. The number of likely N-dealkylation sites (tertiary alicyclic amines) is 1. The van der Waals surface area contributed by atoms with Crippen molar-refractivity contribution in [3.8, 4) is 0 Å². The van der Waals surface area contributed by atoms with Gasteiger partial charge >= 0.3 is 0 Å². The predicted octanol–water partition coefficient (Wildman–Crippen LogP) is 4.88. The minimum Gasteiger partial charge on any atom is -0.364 e. The molecule has 1 aliphatic rings. The lowest BCUT2D eigenvalue weighted by Crippen LogP contribution is -2.43. The molecule has 0 aliphatic carbocycles. The molecule has 160 valence electrons. The Morgan fingerprint density at radius 2 is 1.93 bits per heavy atom. The van der Waals surface area contributed by atoms with Crippen LogP contribution in [-0.4, -0.2) is 42.8 Å². The van der Waals surface area contributed by atoms with E-state index in [1.807, 2.05) is 6.07 Å². The highest BCUT2D eigenvalue weighted by Crippen LogP contribution is 2.39. The van der Waals surface area contributed by atoms with Crippen molar-refractivity contribution in [2.24, 2.45) is 0 Å². The van der Waals surface area contributed by atoms with Gasteiger partial charge in [-0.25, -0.2) is 13.2 Å². The molecule has 0 radical (unpaired) electrons. The Bertz CT molecular complexity index is 1060. The molecule has 1 fully saturated rings. The van der Waals surface area contributed by atoms with Gasteiger partial charge in [0.2, 0.25) is 5.82 Å². The summed E-state index contributed by atoms with van der Waals surface area (Å²) >= 11 is 5.87. The third-order valence-corrected chi connectivity index (χ3v) is 5.67. The van der Waals surface area contributed by atoms with Gasteiger partial charge in [-0.2, -0.15) is 4.52 Å². The molecule has 6 nitrogen and oxygen atoms in total. The lowest BCUT2D eigenvalue weighted by Gasteiger charge is -2.39. The van der Waals surface area contributed by atoms with E-state index >= 15 is 0 Å². The number of aromatic nitrogens is 4. The van der Waals surface area contributed by atoms with E-state index in [2.05, 4.69) is 46.3 Å². The standard InChI is InChI=1S/C20H22ClF3N6/c1-20(2,3)29-9-8-14(17(29)11-4-5-12(21)13(22)10-11)25-15-6-7-16-26-27-19(18(23)24)30(16)28-15/h4-7,10,14,17-18H,8-9H2,1-3H3,(H,25,28). The second-order valence-electron chi connectivity index (χ2n) is 8.37. The minimum atomic E-state index is -2.78. The van der Waals surface area contributed by atoms with Gasteiger partial charge in [-0.1, -0.05) is 17.7 Å². The SMILES string of the molecule is CC(C)(C)N1CCC(Nc2ccc3nnc(C(F)F)n3n2)C1c1ccc(Cl)c(F)c1. The first-order valence-electron chi connectivity index (χ1n) is 9.64. The maximum absolute atomic E-state index is 14.2. The molecule has 30 heavy (non-hydrogen) atoms. The number of nitrogens with one attached hydrogen (secondary N) is 1. The van der Waals surface area contributed by atoms with Crippen LogP contribution in [0.3, 0.4) is 0 Å². The molecule has 3 aromatic rings. The molecule has 1 aromatic carbocycles. The number of hydrogen-bond acceptors (Lipinski definition) is 5. The van der Waals surface area contributed by atoms with Gasteiger partial charge in [-0.05, 0) is 57.0 Å². The van der Waals surface area contributed by atoms with Crippen LogP contribution < -0.4 is 5.32 Å². The molecule has 1 aliphatic heterocycles. The van der Waals surface area contributed by atoms with Crippen LogP contribution in [-0.2, 0) is 0 Å². The lowest BCUT2D eigenvalue weighted by atomic mass is 9.96. The van der Waals surface area contributed by atoms with Crippen molar-refractivity contribution in [3.63, 3.8) is 0 Å². The van der Waals surface area contributed by atoms with E-state index in [0.29, 0.717) is 5.82 Å². The number of anilines is 1. The molecular formula is C20H22ClF3N6. The van der Waals surface area contributed by atoms with Gasteiger partial charge in [-0.3, -0.25) is 4.90 Å². The Balaban J connectivity index is 1.69. The summed E-state index contributed by atoms with van der Waals surface area (Å²) in [4.78, 5) is 2.29. The summed E-state index contributed by atoms with van der Waals surface area (Å²) in [5.41, 5.74) is 0.876. The van der Waals surface area contributed by atoms with Crippen LogP contribution in [0.4, 0.5) is 19.0 Å². The Labute approximate surface area is 177 Å². The fraction of sp³-hybridized carbons (Fsp3) is 0.450. The second kappa shape index (κ2) is 7.70. The van der Waals surface area contributed by atoms with Crippen molar-refractivity contribution >= 4 is 23.1 Å². The molecule has 4 rings (SSSR count). The summed E-state index contributed by atoms with van der Waals surface area (Å²) in [7, 11) is 0. The van der Waals surface area contributed by atoms with E-state index in [9.17, 15) is 13.2 Å². The number of alkyl halides is 2. The van der Waals surface area contributed by atoms with Gasteiger partial charge in [-0.15, -0.1) is 15.3 Å². The summed E-state index contributed by atoms with van der Waals surface area (Å²) < 4.78 is 41.6. The summed E-state index contributed by atoms with van der Waals surface area (Å²) in [6.07, 6.45) is -2.01. The van der Waals surface area contributed by atoms with Gasteiger partial charge in [0.05, 0.1) is 11.1 Å². The van der Waals surface area contributed by atoms with E-state index in [0.717, 1.165) is 23.0 Å². The molecule has 10 heteroatoms. The normalized spacial score (nSPS) is 20.4. The van der Waals surface area contributed by atoms with Crippen molar-refractivity contribution in [2.45, 2.75) is 51.2 Å². The molecule has 0 amide bonds. The van der Waals surface area contributed by atoms with Crippen molar-refractivity contribution in [3.05, 3.63) is 52.6 Å². The quantitative estimate of drug-likeness (QED) is 0.629. The maximum Gasteiger partial charge on any atom is 0.299 e. The van der Waals surface area contributed by atoms with Crippen LogP contribution in [0.15, 0.2) is 30.3 Å². The lowest BCUT2D eigenvalue weighted by molar-refractivity contribution is 0.118. The highest BCUT2D eigenvalue weighted by molar-refractivity contribution is 6.30. The highest BCUT2D eigenvalue weighted by atomic mass is 35.5. The molecule has 2 aromatic heterocycles. The van der Waals surface area contributed by atoms with Crippen LogP contribution >= 0.6 is 11.6 Å². The monoisotopic (exact) mass is 438 g/mol. The average Bonchev–Trinajstić information content (AvgIpc) is 3.28. The number of nitrogens with zero attached hydrogens (tertiary/aromatic N) is 5. The molecule has 0 spiro atoms. The van der Waals surface area contributed by atoms with E-state index < -0.39 is 18.1 Å². The topological polar surface area (TPSA) is 58.3 Å². The fourth-order valence-electron chi connectivity index (χ4n) is 4.01. The van der Waals surface area contributed by atoms with Gasteiger partial charge < -0.3 is 5.32 Å². The molecule has 2 unspecified atom stereocenters. The predicted molar refractivity (Wildman–Crippen MR) is 108 cm³/mol. The van der Waals surface area contributed by atoms with Crippen LogP contribution in [0, 0.1) is 5.82 Å². The van der Waals surface area contributed by atoms with Crippen LogP contribution in [0.25, 0.3) is 5.65 Å². The zero-order valence-electron chi connectivity index (χ0n) is 16.8. The second-order valence-corrected chi connectivity index (χ2v) is 8.78. The first kappa shape index (κ1) is 20.9. The van der Waals surface area contributed by atoms with Crippen molar-refractivity contribution in [2.75, 3.05) is 11.9 Å². The van der Waals surface area contributed by atoms with Crippen molar-refractivity contribution in [1.29, 1.82) is 0 Å². The van der Waals surface area contributed by atoms with Gasteiger partial charge in [0, 0.05) is 18.1 Å². The van der Waals surface area contributed by atoms with Crippen molar-refractivity contribution in [1.82, 2.24) is 24.7 Å². The van der Waals surface area contributed by atoms with Gasteiger partial charge in [0.15, 0.2) is 5.65 Å². The van der Waals surface area contributed by atoms with E-state index in [4.69, 9.17) is 11.6 Å². The van der Waals surface area contributed by atoms with Crippen LogP contribution in [0.5, 0.6) is 0 Å². The zero-order valence-corrected chi connectivity index (χ0v) is 17.5. The van der Waals surface area contributed by atoms with Crippen LogP contribution in [0.2, 0.25) is 5.02 Å². The molecule has 2 atom stereocenters. The number of benzene rings is 1. The summed E-state index contributed by atoms with van der Waals surface area (Å²) in [5.74, 6) is -0.559. The van der Waals surface area contributed by atoms with Crippen molar-refractivity contribution < 1.29 is 13.2 Å². The molecule has 0 bridgehead atoms. The molecule has 0 saturated carbocycles. The zero-order chi connectivity index (χ0) is 21.6. The summed E-state index contributed by atoms with van der Waals surface area (Å²) in [5, 5.41) is 14.9. The first-order valence-corrected chi connectivity index (χ1v) is 10.0. The number of fused-ring (bicyclic) bond motifs is 1. The van der Waals surface area contributed by atoms with Crippen LogP contribution in [0.1, 0.15) is 51.0 Å². The molecular weight excluding hydrogens is 417 g/mol. The number of halogens is 4. The summed E-state index contributed by atoms with van der Waals surface area (Å²) in [6.45, 7) is 7.09. The van der Waals surface area contributed by atoms with E-state index in [1.54, 1.807) is 18.2 Å². The highest BCUT2D eigenvalue weighted by Gasteiger charge is 2.41. The van der Waals surface area contributed by atoms with Gasteiger partial charge in [0.1, 0.15) is 11.6 Å². The molecule has 3 heterocycles. The third kappa shape index (κ3) is 3.83. The van der Waals surface area contributed by atoms with E-state index in [-0.39, 0.29) is 28.3 Å². The van der Waals surface area contributed by atoms with Gasteiger partial charge in [0.25, 0.3) is 6.43 Å². The average molecular weight is 439 g/mol. The largest absolute Gasteiger partial charge is 0.364 e. The Hall–Kier alpha value is -2.39. The number of rotatable bonds is 4. The maximum atomic E-state index is 14.2. The molecule has 1 N–H and O–H groups in total. The molecule has 1 saturated heterocycles. The Morgan fingerprint density at radius 1 is 1.17 bits per heavy atom. The smallest absolute Gasteiger partial charge is 0.299 e. The Kier molecular flexibility index (Phi) is 5.36. The minimum absolute atomic E-state index is 0.0721. The number of hydrogen-bond donors (Lipinski definition) is 1. The first-order chi connectivity index (χ1) is 14.1. The Morgan fingerprint density at radius 3 is 2.60 bits per heavy atom. The van der Waals surface area contributed by atoms with E-state index in [1.165, 1.54) is 6.07 Å². The third-order valence-electron chi connectivity index (χ3n) is 5.36.